The molecule has 0 aliphatic heterocycles. The number of rotatable bonds is 4. The number of hydrogen-bond acceptors (Lipinski definition) is 2. The topological polar surface area (TPSA) is 49.9 Å². The summed E-state index contributed by atoms with van der Waals surface area (Å²) in [6, 6.07) is 0. The Morgan fingerprint density at radius 3 is 2.50 bits per heavy atom. The van der Waals surface area contributed by atoms with Gasteiger partial charge in [0.2, 0.25) is 0 Å². The Labute approximate surface area is 95.2 Å². The van der Waals surface area contributed by atoms with Crippen molar-refractivity contribution in [2.75, 3.05) is 0 Å². The molecule has 1 N–H and O–H groups in total. The molecule has 1 aliphatic rings. The predicted octanol–water partition coefficient (Wildman–Crippen LogP) is 2.85. The van der Waals surface area contributed by atoms with E-state index in [1.165, 1.54) is 0 Å². The number of carbonyl (C=O) groups excluding carboxylic acids is 2. The van der Waals surface area contributed by atoms with Gasteiger partial charge in [-0.2, -0.15) is 0 Å². The Morgan fingerprint density at radius 1 is 1.44 bits per heavy atom. The van der Waals surface area contributed by atoms with E-state index in [4.69, 9.17) is 0 Å². The number of aromatic nitrogens is 1. The largest absolute Gasteiger partial charge is 0.355 e. The molecule has 86 valence electrons. The van der Waals surface area contributed by atoms with E-state index in [1.54, 1.807) is 0 Å². The molecule has 3 heteroatoms. The van der Waals surface area contributed by atoms with E-state index in [9.17, 15) is 9.59 Å². The number of carbonyl (C=O) groups is 2. The lowest BCUT2D eigenvalue weighted by atomic mass is 10.0. The van der Waals surface area contributed by atoms with Gasteiger partial charge in [0.15, 0.2) is 12.1 Å². The zero-order chi connectivity index (χ0) is 11.9. The van der Waals surface area contributed by atoms with Crippen LogP contribution < -0.4 is 0 Å². The Kier molecular flexibility index (Phi) is 2.70. The van der Waals surface area contributed by atoms with Gasteiger partial charge in [0, 0.05) is 17.2 Å². The average Bonchev–Trinajstić information content (AvgIpc) is 3.02. The van der Waals surface area contributed by atoms with Crippen molar-refractivity contribution >= 4 is 12.1 Å². The number of aromatic amines is 1. The zero-order valence-corrected chi connectivity index (χ0v) is 9.96. The standard InChI is InChI=1S/C13H17NO2/c1-7(2)13(16)11-8(3)10(6-15)12(14-11)9-4-5-9/h6-7,9,14H,4-5H2,1-3H3. The molecule has 0 unspecified atom stereocenters. The number of ketones is 1. The molecule has 0 aromatic carbocycles. The van der Waals surface area contributed by atoms with E-state index < -0.39 is 0 Å². The third-order valence-electron chi connectivity index (χ3n) is 3.20. The predicted molar refractivity (Wildman–Crippen MR) is 62.1 cm³/mol. The molecule has 1 aliphatic carbocycles. The van der Waals surface area contributed by atoms with Crippen molar-refractivity contribution in [3.8, 4) is 0 Å². The highest BCUT2D eigenvalue weighted by atomic mass is 16.1. The van der Waals surface area contributed by atoms with Crippen LogP contribution in [0.4, 0.5) is 0 Å². The van der Waals surface area contributed by atoms with Crippen molar-refractivity contribution in [2.24, 2.45) is 5.92 Å². The third-order valence-corrected chi connectivity index (χ3v) is 3.20. The highest BCUT2D eigenvalue weighted by molar-refractivity contribution is 5.99. The molecule has 1 aromatic rings. The van der Waals surface area contributed by atoms with Crippen molar-refractivity contribution in [1.82, 2.24) is 4.98 Å². The maximum Gasteiger partial charge on any atom is 0.181 e. The Balaban J connectivity index is 2.46. The summed E-state index contributed by atoms with van der Waals surface area (Å²) >= 11 is 0. The molecule has 0 radical (unpaired) electrons. The van der Waals surface area contributed by atoms with E-state index in [2.05, 4.69) is 4.98 Å². The minimum Gasteiger partial charge on any atom is -0.355 e. The van der Waals surface area contributed by atoms with Gasteiger partial charge in [-0.25, -0.2) is 0 Å². The maximum absolute atomic E-state index is 11.9. The summed E-state index contributed by atoms with van der Waals surface area (Å²) in [7, 11) is 0. The normalized spacial score (nSPS) is 15.5. The Morgan fingerprint density at radius 2 is 2.06 bits per heavy atom. The van der Waals surface area contributed by atoms with Crippen LogP contribution in [0.1, 0.15) is 64.7 Å². The lowest BCUT2D eigenvalue weighted by Crippen LogP contribution is -2.09. The summed E-state index contributed by atoms with van der Waals surface area (Å²) in [4.78, 5) is 26.2. The van der Waals surface area contributed by atoms with Crippen LogP contribution in [0.2, 0.25) is 0 Å². The van der Waals surface area contributed by atoms with E-state index in [0.29, 0.717) is 17.2 Å². The second-order valence-electron chi connectivity index (χ2n) is 4.86. The summed E-state index contributed by atoms with van der Waals surface area (Å²) in [5.41, 5.74) is 3.11. The number of H-pyrrole nitrogens is 1. The van der Waals surface area contributed by atoms with Crippen molar-refractivity contribution in [1.29, 1.82) is 0 Å². The van der Waals surface area contributed by atoms with Gasteiger partial charge in [-0.15, -0.1) is 0 Å². The first-order chi connectivity index (χ1) is 7.56. The molecule has 2 rings (SSSR count). The average molecular weight is 219 g/mol. The van der Waals surface area contributed by atoms with Gasteiger partial charge in [-0.1, -0.05) is 13.8 Å². The van der Waals surface area contributed by atoms with Gasteiger partial charge in [-0.05, 0) is 31.2 Å². The summed E-state index contributed by atoms with van der Waals surface area (Å²) in [5.74, 6) is 0.518. The molecular formula is C13H17NO2. The lowest BCUT2D eigenvalue weighted by molar-refractivity contribution is 0.0934. The number of Topliss-reactive ketones (excluding diaryl/α,β-unsaturated/α-hetero) is 1. The van der Waals surface area contributed by atoms with Crippen LogP contribution in [0.5, 0.6) is 0 Å². The second-order valence-corrected chi connectivity index (χ2v) is 4.86. The molecule has 0 bridgehead atoms. The van der Waals surface area contributed by atoms with Crippen LogP contribution in [-0.2, 0) is 0 Å². The van der Waals surface area contributed by atoms with Crippen LogP contribution in [0.3, 0.4) is 0 Å². The SMILES string of the molecule is Cc1c(C(=O)C(C)C)[nH]c(C2CC2)c1C=O. The molecular weight excluding hydrogens is 202 g/mol. The zero-order valence-electron chi connectivity index (χ0n) is 9.96. The van der Waals surface area contributed by atoms with Gasteiger partial charge in [-0.3, -0.25) is 9.59 Å². The van der Waals surface area contributed by atoms with Crippen LogP contribution in [0, 0.1) is 12.8 Å². The Hall–Kier alpha value is -1.38. The van der Waals surface area contributed by atoms with Crippen LogP contribution in [0.15, 0.2) is 0 Å². The molecule has 1 aromatic heterocycles. The molecule has 16 heavy (non-hydrogen) atoms. The molecule has 1 fully saturated rings. The number of aldehydes is 1. The van der Waals surface area contributed by atoms with Gasteiger partial charge >= 0.3 is 0 Å². The smallest absolute Gasteiger partial charge is 0.181 e. The first-order valence-corrected chi connectivity index (χ1v) is 5.78. The fraction of sp³-hybridized carbons (Fsp3) is 0.538. The van der Waals surface area contributed by atoms with E-state index >= 15 is 0 Å². The van der Waals surface area contributed by atoms with E-state index in [0.717, 1.165) is 30.4 Å². The van der Waals surface area contributed by atoms with Gasteiger partial charge in [0.05, 0.1) is 5.69 Å². The number of nitrogens with one attached hydrogen (secondary N) is 1. The molecule has 1 heterocycles. The first kappa shape index (κ1) is 11.1. The van der Waals surface area contributed by atoms with Gasteiger partial charge in [0.25, 0.3) is 0 Å². The minimum absolute atomic E-state index is 0.0381. The third kappa shape index (κ3) is 1.70. The van der Waals surface area contributed by atoms with Crippen LogP contribution in [0.25, 0.3) is 0 Å². The molecule has 0 amide bonds. The van der Waals surface area contributed by atoms with Gasteiger partial charge in [0.1, 0.15) is 0 Å². The quantitative estimate of drug-likeness (QED) is 0.625. The first-order valence-electron chi connectivity index (χ1n) is 5.78. The lowest BCUT2D eigenvalue weighted by Gasteiger charge is -2.02. The highest BCUT2D eigenvalue weighted by Gasteiger charge is 2.31. The van der Waals surface area contributed by atoms with Gasteiger partial charge < -0.3 is 4.98 Å². The van der Waals surface area contributed by atoms with E-state index in [-0.39, 0.29) is 11.7 Å². The molecule has 0 atom stereocenters. The summed E-state index contributed by atoms with van der Waals surface area (Å²) in [5, 5.41) is 0. The van der Waals surface area contributed by atoms with Crippen LogP contribution in [-0.4, -0.2) is 17.1 Å². The summed E-state index contributed by atoms with van der Waals surface area (Å²) in [6.07, 6.45) is 3.11. The monoisotopic (exact) mass is 219 g/mol. The Bertz CT molecular complexity index is 439. The fourth-order valence-electron chi connectivity index (χ4n) is 2.01. The van der Waals surface area contributed by atoms with Crippen molar-refractivity contribution in [2.45, 2.75) is 39.5 Å². The minimum atomic E-state index is -0.0381. The molecule has 0 spiro atoms. The van der Waals surface area contributed by atoms with Crippen molar-refractivity contribution < 1.29 is 9.59 Å². The van der Waals surface area contributed by atoms with Crippen molar-refractivity contribution in [3.63, 3.8) is 0 Å². The highest BCUT2D eigenvalue weighted by Crippen LogP contribution is 2.42. The molecule has 3 nitrogen and oxygen atoms in total. The van der Waals surface area contributed by atoms with E-state index in [1.807, 2.05) is 20.8 Å². The molecule has 0 saturated heterocycles. The maximum atomic E-state index is 11.9. The fourth-order valence-corrected chi connectivity index (χ4v) is 2.01. The molecule has 1 saturated carbocycles. The second kappa shape index (κ2) is 3.89. The number of hydrogen-bond donors (Lipinski definition) is 1. The van der Waals surface area contributed by atoms with Crippen molar-refractivity contribution in [3.05, 3.63) is 22.5 Å². The summed E-state index contributed by atoms with van der Waals surface area (Å²) in [6.45, 7) is 5.60. The summed E-state index contributed by atoms with van der Waals surface area (Å²) < 4.78 is 0. The van der Waals surface area contributed by atoms with Crippen LogP contribution >= 0.6 is 0 Å².